The molecule has 0 amide bonds. The summed E-state index contributed by atoms with van der Waals surface area (Å²) in [6.45, 7) is 0. The summed E-state index contributed by atoms with van der Waals surface area (Å²) < 4.78 is 0. The Morgan fingerprint density at radius 1 is 0.812 bits per heavy atom. The van der Waals surface area contributed by atoms with Gasteiger partial charge in [0.2, 0.25) is 0 Å². The normalized spacial score (nSPS) is 52.0. The summed E-state index contributed by atoms with van der Waals surface area (Å²) in [7, 11) is 0. The maximum Gasteiger partial charge on any atom is -0.0112 e. The number of rotatable bonds is 3. The fraction of sp³-hybridized carbons (Fsp3) is 0.750. The molecule has 4 aliphatic carbocycles. The van der Waals surface area contributed by atoms with Crippen LogP contribution in [-0.2, 0) is 0 Å². The average molecular weight is 214 g/mol. The van der Waals surface area contributed by atoms with Gasteiger partial charge in [0, 0.05) is 0 Å². The van der Waals surface area contributed by atoms with Crippen molar-refractivity contribution in [3.63, 3.8) is 0 Å². The minimum absolute atomic E-state index is 0.647. The Balaban J connectivity index is 1.46. The highest BCUT2D eigenvalue weighted by molar-refractivity contribution is 5.19. The highest BCUT2D eigenvalue weighted by atomic mass is 14.5. The van der Waals surface area contributed by atoms with Gasteiger partial charge in [0.1, 0.15) is 0 Å². The zero-order valence-corrected chi connectivity index (χ0v) is 10.1. The maximum absolute atomic E-state index is 2.57. The first-order valence-electron chi connectivity index (χ1n) is 7.16. The molecule has 0 aromatic rings. The van der Waals surface area contributed by atoms with E-state index in [1.807, 2.05) is 0 Å². The summed E-state index contributed by atoms with van der Waals surface area (Å²) in [5.74, 6) is 1.90. The lowest BCUT2D eigenvalue weighted by atomic mass is 9.74. The summed E-state index contributed by atoms with van der Waals surface area (Å²) in [6, 6.07) is 0. The van der Waals surface area contributed by atoms with Gasteiger partial charge in [-0.2, -0.15) is 0 Å². The topological polar surface area (TPSA) is 0 Å². The van der Waals surface area contributed by atoms with Gasteiger partial charge in [0.25, 0.3) is 0 Å². The van der Waals surface area contributed by atoms with Crippen LogP contribution >= 0.6 is 0 Å². The van der Waals surface area contributed by atoms with Crippen LogP contribution in [0.1, 0.15) is 51.4 Å². The molecule has 0 spiro atoms. The first kappa shape index (κ1) is 9.50. The Morgan fingerprint density at radius 2 is 1.31 bits per heavy atom. The van der Waals surface area contributed by atoms with Crippen molar-refractivity contribution >= 4 is 0 Å². The molecular weight excluding hydrogens is 192 g/mol. The lowest BCUT2D eigenvalue weighted by molar-refractivity contribution is 0.272. The van der Waals surface area contributed by atoms with Gasteiger partial charge < -0.3 is 0 Å². The summed E-state index contributed by atoms with van der Waals surface area (Å²) in [5, 5.41) is 0. The molecule has 4 unspecified atom stereocenters. The molecular formula is C16H22. The molecule has 0 aromatic heterocycles. The molecule has 4 aliphatic rings. The van der Waals surface area contributed by atoms with E-state index in [0.29, 0.717) is 10.8 Å². The maximum atomic E-state index is 2.57. The molecule has 0 saturated heterocycles. The van der Waals surface area contributed by atoms with Crippen LogP contribution in [0.25, 0.3) is 0 Å². The molecule has 4 rings (SSSR count). The van der Waals surface area contributed by atoms with E-state index in [4.69, 9.17) is 0 Å². The van der Waals surface area contributed by atoms with Gasteiger partial charge in [-0.15, -0.1) is 0 Å². The molecule has 4 bridgehead atoms. The van der Waals surface area contributed by atoms with E-state index in [-0.39, 0.29) is 0 Å². The van der Waals surface area contributed by atoms with Gasteiger partial charge in [-0.1, -0.05) is 24.3 Å². The van der Waals surface area contributed by atoms with E-state index in [2.05, 4.69) is 24.3 Å². The van der Waals surface area contributed by atoms with Crippen molar-refractivity contribution in [2.75, 3.05) is 0 Å². The summed E-state index contributed by atoms with van der Waals surface area (Å²) in [6.07, 6.45) is 22.0. The standard InChI is InChI=1S/C16H22/c1-5-15(6-2-13(1)11-15)9-10-16-7-3-14(12-16)4-8-16/h1,3,5,7,13-14H,2,4,6,8-12H2. The SMILES string of the molecule is C1=CC2(CCC34C=CC(CC3)C4)CCC1C2. The minimum Gasteiger partial charge on any atom is -0.0848 e. The first-order valence-corrected chi connectivity index (χ1v) is 7.16. The first-order chi connectivity index (χ1) is 7.78. The van der Waals surface area contributed by atoms with Crippen LogP contribution in [0.3, 0.4) is 0 Å². The third-order valence-electron chi connectivity index (χ3n) is 5.93. The highest BCUT2D eigenvalue weighted by Crippen LogP contribution is 2.57. The van der Waals surface area contributed by atoms with E-state index >= 15 is 0 Å². The van der Waals surface area contributed by atoms with Crippen molar-refractivity contribution in [3.8, 4) is 0 Å². The zero-order chi connectivity index (χ0) is 10.6. The fourth-order valence-corrected chi connectivity index (χ4v) is 4.83. The molecule has 0 heterocycles. The Bertz CT molecular complexity index is 328. The third kappa shape index (κ3) is 1.28. The third-order valence-corrected chi connectivity index (χ3v) is 5.93. The van der Waals surface area contributed by atoms with Gasteiger partial charge in [-0.25, -0.2) is 0 Å². The molecule has 0 radical (unpaired) electrons. The number of hydrogen-bond acceptors (Lipinski definition) is 0. The van der Waals surface area contributed by atoms with Crippen LogP contribution in [0.15, 0.2) is 24.3 Å². The van der Waals surface area contributed by atoms with Crippen molar-refractivity contribution in [3.05, 3.63) is 24.3 Å². The molecule has 2 fully saturated rings. The highest BCUT2D eigenvalue weighted by Gasteiger charge is 2.45. The average Bonchev–Trinajstić information content (AvgIpc) is 3.07. The molecule has 0 aromatic carbocycles. The molecule has 86 valence electrons. The van der Waals surface area contributed by atoms with Crippen LogP contribution < -0.4 is 0 Å². The van der Waals surface area contributed by atoms with E-state index in [9.17, 15) is 0 Å². The van der Waals surface area contributed by atoms with Gasteiger partial charge in [0.05, 0.1) is 0 Å². The van der Waals surface area contributed by atoms with Gasteiger partial charge in [0.15, 0.2) is 0 Å². The van der Waals surface area contributed by atoms with Gasteiger partial charge >= 0.3 is 0 Å². The zero-order valence-electron chi connectivity index (χ0n) is 10.1. The summed E-state index contributed by atoms with van der Waals surface area (Å²) >= 11 is 0. The molecule has 0 nitrogen and oxygen atoms in total. The quantitative estimate of drug-likeness (QED) is 0.608. The Kier molecular flexibility index (Phi) is 1.80. The summed E-state index contributed by atoms with van der Waals surface area (Å²) in [5.41, 5.74) is 1.29. The second-order valence-electron chi connectivity index (χ2n) is 6.95. The Morgan fingerprint density at radius 3 is 1.56 bits per heavy atom. The van der Waals surface area contributed by atoms with Gasteiger partial charge in [-0.3, -0.25) is 0 Å². The van der Waals surface area contributed by atoms with Crippen LogP contribution in [0.4, 0.5) is 0 Å². The number of fused-ring (bicyclic) bond motifs is 4. The molecule has 2 saturated carbocycles. The Hall–Kier alpha value is -0.520. The summed E-state index contributed by atoms with van der Waals surface area (Å²) in [4.78, 5) is 0. The lowest BCUT2D eigenvalue weighted by Gasteiger charge is -2.30. The van der Waals surface area contributed by atoms with E-state index in [1.54, 1.807) is 0 Å². The van der Waals surface area contributed by atoms with Crippen LogP contribution in [0.5, 0.6) is 0 Å². The van der Waals surface area contributed by atoms with Crippen molar-refractivity contribution in [1.29, 1.82) is 0 Å². The number of hydrogen-bond donors (Lipinski definition) is 0. The molecule has 4 atom stereocenters. The number of allylic oxidation sites excluding steroid dienone is 4. The second kappa shape index (κ2) is 3.03. The van der Waals surface area contributed by atoms with Crippen molar-refractivity contribution < 1.29 is 0 Å². The van der Waals surface area contributed by atoms with Gasteiger partial charge in [-0.05, 0) is 74.0 Å². The fourth-order valence-electron chi connectivity index (χ4n) is 4.83. The molecule has 0 N–H and O–H groups in total. The van der Waals surface area contributed by atoms with Crippen LogP contribution in [0, 0.1) is 22.7 Å². The van der Waals surface area contributed by atoms with Crippen LogP contribution in [-0.4, -0.2) is 0 Å². The molecule has 0 heteroatoms. The van der Waals surface area contributed by atoms with E-state index in [1.165, 1.54) is 51.4 Å². The van der Waals surface area contributed by atoms with E-state index < -0.39 is 0 Å². The predicted molar refractivity (Wildman–Crippen MR) is 67.1 cm³/mol. The monoisotopic (exact) mass is 214 g/mol. The molecule has 0 aliphatic heterocycles. The van der Waals surface area contributed by atoms with Crippen molar-refractivity contribution in [2.45, 2.75) is 51.4 Å². The van der Waals surface area contributed by atoms with Crippen molar-refractivity contribution in [2.24, 2.45) is 22.7 Å². The lowest BCUT2D eigenvalue weighted by Crippen LogP contribution is -2.18. The minimum atomic E-state index is 0.647. The Labute approximate surface area is 98.8 Å². The largest absolute Gasteiger partial charge is 0.0848 e. The van der Waals surface area contributed by atoms with Crippen molar-refractivity contribution in [1.82, 2.24) is 0 Å². The van der Waals surface area contributed by atoms with E-state index in [0.717, 1.165) is 11.8 Å². The molecule has 16 heavy (non-hydrogen) atoms. The second-order valence-corrected chi connectivity index (χ2v) is 6.95. The van der Waals surface area contributed by atoms with Crippen LogP contribution in [0.2, 0.25) is 0 Å². The predicted octanol–water partition coefficient (Wildman–Crippen LogP) is 4.48. The smallest absolute Gasteiger partial charge is 0.0112 e.